The van der Waals surface area contributed by atoms with E-state index in [4.69, 9.17) is 28.4 Å². The monoisotopic (exact) mass is 680 g/mol. The predicted octanol–water partition coefficient (Wildman–Crippen LogP) is 7.27. The van der Waals surface area contributed by atoms with Gasteiger partial charge in [0.25, 0.3) is 0 Å². The largest absolute Gasteiger partial charge is 0.484 e. The number of ketones is 1. The van der Waals surface area contributed by atoms with Gasteiger partial charge in [0.1, 0.15) is 25.1 Å². The molecule has 2 aliphatic heterocycles. The van der Waals surface area contributed by atoms with E-state index in [9.17, 15) is 14.4 Å². The van der Waals surface area contributed by atoms with Crippen molar-refractivity contribution in [1.82, 2.24) is 0 Å². The van der Waals surface area contributed by atoms with Gasteiger partial charge in [-0.1, -0.05) is 17.7 Å². The molecule has 2 aromatic carbocycles. The van der Waals surface area contributed by atoms with E-state index in [1.165, 1.54) is 19.8 Å². The Labute approximate surface area is 290 Å². The van der Waals surface area contributed by atoms with Gasteiger partial charge < -0.3 is 33.2 Å². The standard InChI is InChI=1S/C39H52O10/c1-24(11-10-17-38(4,5)47-21-34(41)43-8)12-13-29-28(14-15-31-37(29)46-23-45-31)32-20-30(40)36-26(3)27(25(2)19-33(36)49-32)16-18-39(6,7)48-22-35(42)44-9/h12,14-15,19,32H,10-11,13,16-18,20-23H2,1-9H3/b24-12+. The van der Waals surface area contributed by atoms with Crippen molar-refractivity contribution in [1.29, 1.82) is 0 Å². The third-order valence-electron chi connectivity index (χ3n) is 9.44. The van der Waals surface area contributed by atoms with Crippen LogP contribution in [0.1, 0.15) is 111 Å². The summed E-state index contributed by atoms with van der Waals surface area (Å²) in [4.78, 5) is 36.9. The number of benzene rings is 2. The van der Waals surface area contributed by atoms with E-state index < -0.39 is 23.3 Å². The molecule has 10 nitrogen and oxygen atoms in total. The van der Waals surface area contributed by atoms with E-state index >= 15 is 0 Å². The van der Waals surface area contributed by atoms with Gasteiger partial charge in [-0.3, -0.25) is 4.79 Å². The highest BCUT2D eigenvalue weighted by Crippen LogP contribution is 2.45. The minimum absolute atomic E-state index is 0.0403. The molecule has 0 radical (unpaired) electrons. The van der Waals surface area contributed by atoms with Crippen molar-refractivity contribution >= 4 is 17.7 Å². The molecular weight excluding hydrogens is 628 g/mol. The van der Waals surface area contributed by atoms with E-state index in [0.717, 1.165) is 47.1 Å². The third-order valence-corrected chi connectivity index (χ3v) is 9.44. The molecule has 2 aromatic rings. The zero-order valence-corrected chi connectivity index (χ0v) is 30.5. The summed E-state index contributed by atoms with van der Waals surface area (Å²) in [6.45, 7) is 14.0. The van der Waals surface area contributed by atoms with E-state index in [0.29, 0.717) is 42.1 Å². The fourth-order valence-corrected chi connectivity index (χ4v) is 6.38. The van der Waals surface area contributed by atoms with Crippen LogP contribution in [0.15, 0.2) is 29.8 Å². The second-order valence-electron chi connectivity index (χ2n) is 14.1. The summed E-state index contributed by atoms with van der Waals surface area (Å²) in [7, 11) is 2.69. The van der Waals surface area contributed by atoms with Crippen LogP contribution in [0.25, 0.3) is 0 Å². The van der Waals surface area contributed by atoms with Gasteiger partial charge in [-0.15, -0.1) is 0 Å². The van der Waals surface area contributed by atoms with Gasteiger partial charge in [-0.05, 0) is 116 Å². The Kier molecular flexibility index (Phi) is 12.5. The first-order chi connectivity index (χ1) is 23.1. The quantitative estimate of drug-likeness (QED) is 0.132. The Morgan fingerprint density at radius 1 is 0.918 bits per heavy atom. The summed E-state index contributed by atoms with van der Waals surface area (Å²) in [6.07, 6.45) is 6.43. The number of rotatable bonds is 16. The van der Waals surface area contributed by atoms with Crippen molar-refractivity contribution < 1.29 is 47.5 Å². The summed E-state index contributed by atoms with van der Waals surface area (Å²) < 4.78 is 39.2. The van der Waals surface area contributed by atoms with Gasteiger partial charge in [-0.2, -0.15) is 0 Å². The van der Waals surface area contributed by atoms with Crippen LogP contribution in [-0.2, 0) is 41.4 Å². The molecule has 1 unspecified atom stereocenters. The van der Waals surface area contributed by atoms with Crippen LogP contribution in [0, 0.1) is 13.8 Å². The van der Waals surface area contributed by atoms with Gasteiger partial charge in [0.05, 0.1) is 37.4 Å². The van der Waals surface area contributed by atoms with Gasteiger partial charge in [0.15, 0.2) is 17.3 Å². The van der Waals surface area contributed by atoms with Gasteiger partial charge in [0.2, 0.25) is 6.79 Å². The number of aryl methyl sites for hydroxylation is 1. The fraction of sp³-hybridized carbons (Fsp3) is 0.564. The summed E-state index contributed by atoms with van der Waals surface area (Å²) in [5.41, 5.74) is 5.77. The summed E-state index contributed by atoms with van der Waals surface area (Å²) in [5.74, 6) is 1.21. The first-order valence-electron chi connectivity index (χ1n) is 17.0. The maximum absolute atomic E-state index is 13.8. The second-order valence-corrected chi connectivity index (χ2v) is 14.1. The molecule has 0 spiro atoms. The van der Waals surface area contributed by atoms with E-state index in [2.05, 4.69) is 17.7 Å². The maximum Gasteiger partial charge on any atom is 0.331 e. The lowest BCUT2D eigenvalue weighted by molar-refractivity contribution is -0.152. The summed E-state index contributed by atoms with van der Waals surface area (Å²) >= 11 is 0. The normalized spacial score (nSPS) is 15.9. The maximum atomic E-state index is 13.8. The Morgan fingerprint density at radius 3 is 2.22 bits per heavy atom. The van der Waals surface area contributed by atoms with Gasteiger partial charge in [0, 0.05) is 11.1 Å². The molecule has 4 rings (SSSR count). The number of carbonyl (C=O) groups is 3. The molecule has 2 aliphatic rings. The third kappa shape index (κ3) is 9.85. The molecule has 1 atom stereocenters. The van der Waals surface area contributed by atoms with Crippen molar-refractivity contribution in [2.75, 3.05) is 34.2 Å². The molecule has 0 saturated heterocycles. The highest BCUT2D eigenvalue weighted by Gasteiger charge is 2.34. The van der Waals surface area contributed by atoms with Gasteiger partial charge in [-0.25, -0.2) is 9.59 Å². The minimum atomic E-state index is -0.548. The molecule has 268 valence electrons. The molecule has 0 aliphatic carbocycles. The molecule has 0 saturated carbocycles. The topological polar surface area (TPSA) is 116 Å². The lowest BCUT2D eigenvalue weighted by Gasteiger charge is -2.30. The zero-order valence-electron chi connectivity index (χ0n) is 30.5. The van der Waals surface area contributed by atoms with Crippen LogP contribution < -0.4 is 14.2 Å². The van der Waals surface area contributed by atoms with Crippen molar-refractivity contribution in [2.24, 2.45) is 0 Å². The SMILES string of the molecule is COC(=O)COC(C)(C)CCC/C(C)=C/Cc1c(C2CC(=O)c3c(cc(C)c(CCC(C)(C)OCC(=O)OC)c3C)O2)ccc2c1OCO2. The lowest BCUT2D eigenvalue weighted by atomic mass is 9.85. The van der Waals surface area contributed by atoms with Crippen LogP contribution in [0.2, 0.25) is 0 Å². The number of esters is 2. The second kappa shape index (κ2) is 16.2. The number of Topliss-reactive ketones (excluding diaryl/α,β-unsaturated/α-hetero) is 1. The lowest BCUT2D eigenvalue weighted by Crippen LogP contribution is -2.29. The average molecular weight is 681 g/mol. The molecule has 2 heterocycles. The van der Waals surface area contributed by atoms with Crippen molar-refractivity contribution in [3.8, 4) is 17.2 Å². The van der Waals surface area contributed by atoms with Crippen molar-refractivity contribution in [3.63, 3.8) is 0 Å². The smallest absolute Gasteiger partial charge is 0.331 e. The van der Waals surface area contributed by atoms with Crippen LogP contribution >= 0.6 is 0 Å². The van der Waals surface area contributed by atoms with E-state index in [-0.39, 0.29) is 38.2 Å². The predicted molar refractivity (Wildman–Crippen MR) is 185 cm³/mol. The molecule has 10 heteroatoms. The highest BCUT2D eigenvalue weighted by molar-refractivity contribution is 6.02. The number of allylic oxidation sites excluding steroid dienone is 2. The fourth-order valence-electron chi connectivity index (χ4n) is 6.38. The number of methoxy groups -OCH3 is 2. The number of ether oxygens (including phenoxy) is 7. The Bertz CT molecular complexity index is 1570. The van der Waals surface area contributed by atoms with E-state index in [1.54, 1.807) is 0 Å². The highest BCUT2D eigenvalue weighted by atomic mass is 16.7. The molecule has 0 N–H and O–H groups in total. The van der Waals surface area contributed by atoms with Crippen LogP contribution in [-0.4, -0.2) is 63.2 Å². The Balaban J connectivity index is 1.49. The van der Waals surface area contributed by atoms with Crippen molar-refractivity contribution in [2.45, 2.75) is 111 Å². The zero-order chi connectivity index (χ0) is 35.9. The van der Waals surface area contributed by atoms with Crippen molar-refractivity contribution in [3.05, 3.63) is 63.2 Å². The first kappa shape index (κ1) is 37.9. The number of carbonyl (C=O) groups excluding carboxylic acids is 3. The number of hydrogen-bond acceptors (Lipinski definition) is 10. The molecule has 0 bridgehead atoms. The Hall–Kier alpha value is -3.89. The molecule has 0 fully saturated rings. The first-order valence-corrected chi connectivity index (χ1v) is 17.0. The summed E-state index contributed by atoms with van der Waals surface area (Å²) in [5, 5.41) is 0. The Morgan fingerprint density at radius 2 is 1.57 bits per heavy atom. The van der Waals surface area contributed by atoms with Crippen LogP contribution in [0.3, 0.4) is 0 Å². The molecule has 49 heavy (non-hydrogen) atoms. The molecule has 0 aromatic heterocycles. The van der Waals surface area contributed by atoms with E-state index in [1.807, 2.05) is 59.7 Å². The van der Waals surface area contributed by atoms with Gasteiger partial charge >= 0.3 is 11.9 Å². The average Bonchev–Trinajstić information content (AvgIpc) is 3.53. The number of fused-ring (bicyclic) bond motifs is 2. The molecular formula is C39H52O10. The van der Waals surface area contributed by atoms with Crippen LogP contribution in [0.5, 0.6) is 17.2 Å². The summed E-state index contributed by atoms with van der Waals surface area (Å²) in [6, 6.07) is 5.85. The minimum Gasteiger partial charge on any atom is -0.484 e. The number of hydrogen-bond donors (Lipinski definition) is 0. The molecule has 0 amide bonds. The van der Waals surface area contributed by atoms with Crippen LogP contribution in [0.4, 0.5) is 0 Å².